The number of benzene rings is 3. The number of carbonyl (C=O) groups excluding carboxylic acids is 1. The number of carbonyl (C=O) groups is 1. The molecule has 0 aliphatic carbocycles. The summed E-state index contributed by atoms with van der Waals surface area (Å²) in [4.78, 5) is 23.8. The number of aryl methyl sites for hydroxylation is 2. The molecule has 0 saturated heterocycles. The Morgan fingerprint density at radius 3 is 2.39 bits per heavy atom. The second kappa shape index (κ2) is 8.35. The molecule has 3 rings (SSSR count). The highest BCUT2D eigenvalue weighted by molar-refractivity contribution is 5.95. The molecule has 0 aromatic heterocycles. The van der Waals surface area contributed by atoms with Gasteiger partial charge in [0, 0.05) is 17.3 Å². The van der Waals surface area contributed by atoms with Crippen molar-refractivity contribution in [2.24, 2.45) is 0 Å². The maximum Gasteiger partial charge on any atom is 0.310 e. The molecule has 6 nitrogen and oxygen atoms in total. The molecule has 0 bridgehead atoms. The molecule has 3 aromatic carbocycles. The maximum atomic E-state index is 13.1. The Morgan fingerprint density at radius 2 is 1.68 bits per heavy atom. The van der Waals surface area contributed by atoms with Gasteiger partial charge in [0.1, 0.15) is 0 Å². The molecule has 28 heavy (non-hydrogen) atoms. The summed E-state index contributed by atoms with van der Waals surface area (Å²) < 4.78 is 5.84. The van der Waals surface area contributed by atoms with E-state index in [9.17, 15) is 14.9 Å². The number of amides is 1. The normalized spacial score (nSPS) is 11.5. The van der Waals surface area contributed by atoms with Crippen molar-refractivity contribution in [2.75, 3.05) is 5.32 Å². The van der Waals surface area contributed by atoms with E-state index in [4.69, 9.17) is 4.74 Å². The summed E-state index contributed by atoms with van der Waals surface area (Å²) in [5.74, 6) is -0.365. The molecule has 3 aromatic rings. The van der Waals surface area contributed by atoms with Crippen LogP contribution >= 0.6 is 0 Å². The van der Waals surface area contributed by atoms with Crippen LogP contribution in [0.1, 0.15) is 22.8 Å². The van der Waals surface area contributed by atoms with E-state index < -0.39 is 16.9 Å². The van der Waals surface area contributed by atoms with Crippen molar-refractivity contribution in [3.05, 3.63) is 99.6 Å². The van der Waals surface area contributed by atoms with E-state index in [0.29, 0.717) is 11.3 Å². The van der Waals surface area contributed by atoms with Gasteiger partial charge in [-0.15, -0.1) is 0 Å². The molecule has 1 atom stereocenters. The lowest BCUT2D eigenvalue weighted by atomic mass is 10.1. The largest absolute Gasteiger partial charge is 0.469 e. The topological polar surface area (TPSA) is 81.5 Å². The van der Waals surface area contributed by atoms with Crippen LogP contribution in [-0.2, 0) is 4.79 Å². The van der Waals surface area contributed by atoms with Gasteiger partial charge in [-0.05, 0) is 37.1 Å². The second-order valence-electron chi connectivity index (χ2n) is 6.44. The minimum Gasteiger partial charge on any atom is -0.469 e. The fraction of sp³-hybridized carbons (Fsp3) is 0.136. The molecule has 0 spiro atoms. The van der Waals surface area contributed by atoms with Gasteiger partial charge in [-0.1, -0.05) is 54.6 Å². The molecule has 0 radical (unpaired) electrons. The molecule has 1 amide bonds. The average molecular weight is 376 g/mol. The van der Waals surface area contributed by atoms with Crippen LogP contribution < -0.4 is 10.1 Å². The molecule has 142 valence electrons. The monoisotopic (exact) mass is 376 g/mol. The van der Waals surface area contributed by atoms with Crippen LogP contribution in [0.3, 0.4) is 0 Å². The Kier molecular flexibility index (Phi) is 5.69. The molecule has 0 aliphatic heterocycles. The summed E-state index contributed by atoms with van der Waals surface area (Å²) in [6.45, 7) is 3.84. The summed E-state index contributed by atoms with van der Waals surface area (Å²) in [6.07, 6.45) is -1.04. The van der Waals surface area contributed by atoms with E-state index >= 15 is 0 Å². The maximum absolute atomic E-state index is 13.1. The van der Waals surface area contributed by atoms with Gasteiger partial charge < -0.3 is 10.1 Å². The molecule has 0 fully saturated rings. The highest BCUT2D eigenvalue weighted by Gasteiger charge is 2.26. The second-order valence-corrected chi connectivity index (χ2v) is 6.44. The highest BCUT2D eigenvalue weighted by Crippen LogP contribution is 2.31. The molecule has 1 N–H and O–H groups in total. The lowest BCUT2D eigenvalue weighted by Crippen LogP contribution is -2.26. The van der Waals surface area contributed by atoms with Crippen LogP contribution in [0.5, 0.6) is 5.75 Å². The zero-order valence-electron chi connectivity index (χ0n) is 15.6. The highest BCUT2D eigenvalue weighted by atomic mass is 16.6. The Hall–Kier alpha value is -3.67. The van der Waals surface area contributed by atoms with E-state index in [2.05, 4.69) is 5.32 Å². The van der Waals surface area contributed by atoms with Crippen molar-refractivity contribution < 1.29 is 14.5 Å². The smallest absolute Gasteiger partial charge is 0.310 e. The van der Waals surface area contributed by atoms with Crippen molar-refractivity contribution in [3.63, 3.8) is 0 Å². The Bertz CT molecular complexity index is 1000. The Balaban J connectivity index is 1.95. The predicted octanol–water partition coefficient (Wildman–Crippen LogP) is 4.97. The fourth-order valence-electron chi connectivity index (χ4n) is 2.80. The van der Waals surface area contributed by atoms with Crippen molar-refractivity contribution >= 4 is 17.3 Å². The summed E-state index contributed by atoms with van der Waals surface area (Å²) >= 11 is 0. The SMILES string of the molecule is Cc1ccc(C)c(NC(=O)[C@H](Oc2ccccc2[N+](=O)[O-])c2ccccc2)c1. The third kappa shape index (κ3) is 4.35. The summed E-state index contributed by atoms with van der Waals surface area (Å²) in [5, 5.41) is 14.2. The van der Waals surface area contributed by atoms with Gasteiger partial charge >= 0.3 is 5.69 Å². The molecule has 0 unspecified atom stereocenters. The lowest BCUT2D eigenvalue weighted by Gasteiger charge is -2.20. The van der Waals surface area contributed by atoms with Crippen LogP contribution in [0.25, 0.3) is 0 Å². The zero-order chi connectivity index (χ0) is 20.1. The number of nitrogens with one attached hydrogen (secondary N) is 1. The van der Waals surface area contributed by atoms with E-state index in [0.717, 1.165) is 11.1 Å². The van der Waals surface area contributed by atoms with E-state index in [-0.39, 0.29) is 11.4 Å². The molecular formula is C22H20N2O4. The summed E-state index contributed by atoms with van der Waals surface area (Å²) in [6, 6.07) is 20.7. The van der Waals surface area contributed by atoms with Crippen LogP contribution in [0.2, 0.25) is 0 Å². The van der Waals surface area contributed by atoms with E-state index in [1.807, 2.05) is 38.1 Å². The Labute approximate surface area is 162 Å². The van der Waals surface area contributed by atoms with Gasteiger partial charge in [-0.2, -0.15) is 0 Å². The average Bonchev–Trinajstić information content (AvgIpc) is 2.69. The first kappa shape index (κ1) is 19.1. The number of anilines is 1. The number of hydrogen-bond acceptors (Lipinski definition) is 4. The quantitative estimate of drug-likeness (QED) is 0.486. The van der Waals surface area contributed by atoms with Gasteiger partial charge in [-0.3, -0.25) is 14.9 Å². The van der Waals surface area contributed by atoms with Gasteiger partial charge in [0.2, 0.25) is 6.10 Å². The van der Waals surface area contributed by atoms with Crippen LogP contribution in [0, 0.1) is 24.0 Å². The van der Waals surface area contributed by atoms with Crippen molar-refractivity contribution in [1.82, 2.24) is 0 Å². The fourth-order valence-corrected chi connectivity index (χ4v) is 2.80. The number of rotatable bonds is 6. The number of para-hydroxylation sites is 2. The molecule has 0 aliphatic rings. The third-order valence-corrected chi connectivity index (χ3v) is 4.30. The summed E-state index contributed by atoms with van der Waals surface area (Å²) in [5.41, 5.74) is 3.01. The lowest BCUT2D eigenvalue weighted by molar-refractivity contribution is -0.386. The van der Waals surface area contributed by atoms with Gasteiger partial charge in [-0.25, -0.2) is 0 Å². The number of hydrogen-bond donors (Lipinski definition) is 1. The van der Waals surface area contributed by atoms with Crippen molar-refractivity contribution in [2.45, 2.75) is 20.0 Å². The Morgan fingerprint density at radius 1 is 1.00 bits per heavy atom. The summed E-state index contributed by atoms with van der Waals surface area (Å²) in [7, 11) is 0. The number of nitrogens with zero attached hydrogens (tertiary/aromatic N) is 1. The minimum absolute atomic E-state index is 0.0393. The van der Waals surface area contributed by atoms with Crippen molar-refractivity contribution in [1.29, 1.82) is 0 Å². The van der Waals surface area contributed by atoms with Crippen LogP contribution in [0.15, 0.2) is 72.8 Å². The standard InChI is InChI=1S/C22H20N2O4/c1-15-12-13-16(2)18(14-15)23-22(25)21(17-8-4-3-5-9-17)28-20-11-7-6-10-19(20)24(26)27/h3-14,21H,1-2H3,(H,23,25)/t21-/m1/s1. The van der Waals surface area contributed by atoms with Crippen LogP contribution in [-0.4, -0.2) is 10.8 Å². The van der Waals surface area contributed by atoms with E-state index in [1.54, 1.807) is 36.4 Å². The van der Waals surface area contributed by atoms with Gasteiger partial charge in [0.15, 0.2) is 5.75 Å². The predicted molar refractivity (Wildman–Crippen MR) is 107 cm³/mol. The molecule has 0 heterocycles. The first-order valence-corrected chi connectivity index (χ1v) is 8.79. The number of nitro groups is 1. The first-order valence-electron chi connectivity index (χ1n) is 8.79. The van der Waals surface area contributed by atoms with Crippen LogP contribution in [0.4, 0.5) is 11.4 Å². The minimum atomic E-state index is -1.04. The number of ether oxygens (including phenoxy) is 1. The molecule has 0 saturated carbocycles. The van der Waals surface area contributed by atoms with Crippen molar-refractivity contribution in [3.8, 4) is 5.75 Å². The number of nitro benzene ring substituents is 1. The zero-order valence-corrected chi connectivity index (χ0v) is 15.6. The molecular weight excluding hydrogens is 356 g/mol. The van der Waals surface area contributed by atoms with E-state index in [1.165, 1.54) is 12.1 Å². The van der Waals surface area contributed by atoms with Gasteiger partial charge in [0.25, 0.3) is 5.91 Å². The van der Waals surface area contributed by atoms with Gasteiger partial charge in [0.05, 0.1) is 4.92 Å². The third-order valence-electron chi connectivity index (χ3n) is 4.30. The first-order chi connectivity index (χ1) is 13.5. The molecule has 6 heteroatoms.